The van der Waals surface area contributed by atoms with Crippen molar-refractivity contribution in [3.8, 4) is 6.07 Å². The van der Waals surface area contributed by atoms with Crippen molar-refractivity contribution in [2.75, 3.05) is 23.7 Å². The molecule has 5 N–H and O–H groups in total. The highest BCUT2D eigenvalue weighted by atomic mass is 32.1. The Bertz CT molecular complexity index is 520. The van der Waals surface area contributed by atoms with E-state index < -0.39 is 12.0 Å². The molecule has 1 aromatic heterocycles. The van der Waals surface area contributed by atoms with Crippen molar-refractivity contribution in [1.82, 2.24) is 0 Å². The molecule has 1 saturated heterocycles. The van der Waals surface area contributed by atoms with Gasteiger partial charge in [0.2, 0.25) is 0 Å². The van der Waals surface area contributed by atoms with Crippen molar-refractivity contribution in [1.29, 1.82) is 5.26 Å². The van der Waals surface area contributed by atoms with Crippen LogP contribution in [0.15, 0.2) is 0 Å². The molecule has 0 aromatic carbocycles. The molecule has 1 atom stereocenters. The van der Waals surface area contributed by atoms with Crippen LogP contribution in [0.25, 0.3) is 0 Å². The number of nitrogens with zero attached hydrogens (tertiary/aromatic N) is 2. The van der Waals surface area contributed by atoms with Gasteiger partial charge in [-0.15, -0.1) is 11.3 Å². The van der Waals surface area contributed by atoms with Crippen LogP contribution >= 0.6 is 11.3 Å². The average Bonchev–Trinajstić information content (AvgIpc) is 2.66. The molecule has 6 nitrogen and oxygen atoms in total. The van der Waals surface area contributed by atoms with E-state index in [0.717, 1.165) is 30.7 Å². The minimum atomic E-state index is -0.639. The molecule has 2 heterocycles. The van der Waals surface area contributed by atoms with E-state index in [1.54, 1.807) is 0 Å². The first-order chi connectivity index (χ1) is 8.54. The number of β-amino-alcohol motifs (C(OH)–C–C–N with tert-alkyl or cyclic N) is 1. The van der Waals surface area contributed by atoms with Crippen LogP contribution in [0, 0.1) is 11.3 Å². The highest BCUT2D eigenvalue weighted by molar-refractivity contribution is 7.17. The van der Waals surface area contributed by atoms with Gasteiger partial charge in [-0.1, -0.05) is 0 Å². The summed E-state index contributed by atoms with van der Waals surface area (Å²) >= 11 is 1.15. The van der Waals surface area contributed by atoms with E-state index in [1.807, 2.05) is 11.0 Å². The minimum Gasteiger partial charge on any atom is -0.396 e. The van der Waals surface area contributed by atoms with Crippen LogP contribution in [0.1, 0.15) is 28.1 Å². The van der Waals surface area contributed by atoms with Crippen molar-refractivity contribution in [2.24, 2.45) is 5.73 Å². The fraction of sp³-hybridized carbons (Fsp3) is 0.455. The number of carbonyl (C=O) groups excluding carboxylic acids is 1. The van der Waals surface area contributed by atoms with E-state index in [-0.39, 0.29) is 11.3 Å². The van der Waals surface area contributed by atoms with Gasteiger partial charge in [-0.25, -0.2) is 0 Å². The largest absolute Gasteiger partial charge is 0.396 e. The molecule has 1 aromatic rings. The van der Waals surface area contributed by atoms with E-state index in [1.165, 1.54) is 0 Å². The summed E-state index contributed by atoms with van der Waals surface area (Å²) in [4.78, 5) is 13.6. The maximum absolute atomic E-state index is 11.4. The van der Waals surface area contributed by atoms with Crippen molar-refractivity contribution >= 4 is 27.9 Å². The number of primary amides is 1. The second-order valence-electron chi connectivity index (χ2n) is 4.24. The van der Waals surface area contributed by atoms with Gasteiger partial charge in [0, 0.05) is 13.1 Å². The van der Waals surface area contributed by atoms with Crippen LogP contribution in [-0.2, 0) is 0 Å². The second kappa shape index (κ2) is 4.84. The van der Waals surface area contributed by atoms with Crippen molar-refractivity contribution in [3.63, 3.8) is 0 Å². The molecular weight excluding hydrogens is 252 g/mol. The number of amides is 1. The van der Waals surface area contributed by atoms with E-state index in [0.29, 0.717) is 16.4 Å². The zero-order valence-corrected chi connectivity index (χ0v) is 10.5. The molecule has 0 radical (unpaired) electrons. The molecule has 0 saturated carbocycles. The second-order valence-corrected chi connectivity index (χ2v) is 5.24. The summed E-state index contributed by atoms with van der Waals surface area (Å²) in [6.07, 6.45) is 1.15. The molecule has 1 unspecified atom stereocenters. The van der Waals surface area contributed by atoms with Gasteiger partial charge in [0.15, 0.2) is 0 Å². The van der Waals surface area contributed by atoms with Gasteiger partial charge in [-0.05, 0) is 12.8 Å². The normalized spacial score (nSPS) is 19.6. The van der Waals surface area contributed by atoms with Gasteiger partial charge in [0.25, 0.3) is 5.91 Å². The Morgan fingerprint density at radius 2 is 2.33 bits per heavy atom. The molecule has 1 aliphatic heterocycles. The fourth-order valence-electron chi connectivity index (χ4n) is 2.11. The van der Waals surface area contributed by atoms with E-state index in [4.69, 9.17) is 16.7 Å². The molecule has 7 heteroatoms. The highest BCUT2D eigenvalue weighted by Gasteiger charge is 2.27. The van der Waals surface area contributed by atoms with E-state index in [9.17, 15) is 9.90 Å². The highest BCUT2D eigenvalue weighted by Crippen LogP contribution is 2.38. The third kappa shape index (κ3) is 2.12. The van der Waals surface area contributed by atoms with Gasteiger partial charge in [-0.2, -0.15) is 5.26 Å². The third-order valence-electron chi connectivity index (χ3n) is 2.96. The summed E-state index contributed by atoms with van der Waals surface area (Å²) in [6.45, 7) is 1.16. The number of nitriles is 1. The molecule has 0 bridgehead atoms. The Morgan fingerprint density at radius 1 is 1.61 bits per heavy atom. The van der Waals surface area contributed by atoms with Crippen LogP contribution in [0.3, 0.4) is 0 Å². The minimum absolute atomic E-state index is 0.144. The first kappa shape index (κ1) is 12.7. The van der Waals surface area contributed by atoms with Gasteiger partial charge in [0.1, 0.15) is 15.9 Å². The summed E-state index contributed by atoms with van der Waals surface area (Å²) in [5.74, 6) is -0.639. The van der Waals surface area contributed by atoms with E-state index >= 15 is 0 Å². The smallest absolute Gasteiger partial charge is 0.253 e. The number of piperidine rings is 1. The van der Waals surface area contributed by atoms with E-state index in [2.05, 4.69) is 0 Å². The van der Waals surface area contributed by atoms with Gasteiger partial charge in [-0.3, -0.25) is 4.79 Å². The summed E-state index contributed by atoms with van der Waals surface area (Å²) in [5.41, 5.74) is 11.4. The quantitative estimate of drug-likeness (QED) is 0.710. The standard InChI is InChI=1S/C11H14N4O2S/c12-4-7-9(13)8(10(14)17)11(18-7)15-3-1-2-6(16)5-15/h6,16H,1-3,5,13H2,(H2,14,17). The maximum atomic E-state index is 11.4. The van der Waals surface area contributed by atoms with Gasteiger partial charge < -0.3 is 21.5 Å². The molecule has 1 fully saturated rings. The number of hydrogen-bond acceptors (Lipinski definition) is 6. The fourth-order valence-corrected chi connectivity index (χ4v) is 3.17. The number of hydrogen-bond donors (Lipinski definition) is 3. The number of aliphatic hydroxyl groups excluding tert-OH is 1. The molecule has 2 rings (SSSR count). The first-order valence-electron chi connectivity index (χ1n) is 5.59. The number of thiophene rings is 1. The summed E-state index contributed by atoms with van der Waals surface area (Å²) in [7, 11) is 0. The van der Waals surface area contributed by atoms with Crippen LogP contribution in [0.5, 0.6) is 0 Å². The Kier molecular flexibility index (Phi) is 3.41. The number of anilines is 2. The molecule has 0 spiro atoms. The zero-order chi connectivity index (χ0) is 13.3. The summed E-state index contributed by atoms with van der Waals surface area (Å²) < 4.78 is 0. The number of carbonyl (C=O) groups is 1. The Hall–Kier alpha value is -1.78. The SMILES string of the molecule is N#Cc1sc(N2CCCC(O)C2)c(C(N)=O)c1N. The monoisotopic (exact) mass is 266 g/mol. The lowest BCUT2D eigenvalue weighted by Gasteiger charge is -2.31. The zero-order valence-electron chi connectivity index (χ0n) is 9.72. The number of nitrogen functional groups attached to an aromatic ring is 1. The van der Waals surface area contributed by atoms with Crippen molar-refractivity contribution in [3.05, 3.63) is 10.4 Å². The lowest BCUT2D eigenvalue weighted by atomic mass is 10.1. The van der Waals surface area contributed by atoms with Crippen LogP contribution in [-0.4, -0.2) is 30.2 Å². The Labute approximate surface area is 108 Å². The predicted octanol–water partition coefficient (Wildman–Crippen LogP) is 0.262. The van der Waals surface area contributed by atoms with Crippen LogP contribution < -0.4 is 16.4 Å². The summed E-state index contributed by atoms with van der Waals surface area (Å²) in [5, 5.41) is 19.2. The Balaban J connectivity index is 2.43. The van der Waals surface area contributed by atoms with Gasteiger partial charge >= 0.3 is 0 Å². The third-order valence-corrected chi connectivity index (χ3v) is 4.13. The van der Waals surface area contributed by atoms with Gasteiger partial charge in [0.05, 0.1) is 17.4 Å². The average molecular weight is 266 g/mol. The molecule has 0 aliphatic carbocycles. The predicted molar refractivity (Wildman–Crippen MR) is 69.4 cm³/mol. The lowest BCUT2D eigenvalue weighted by molar-refractivity contribution is 0.100. The topological polar surface area (TPSA) is 116 Å². The number of nitrogens with two attached hydrogens (primary N) is 2. The van der Waals surface area contributed by atoms with Crippen molar-refractivity contribution in [2.45, 2.75) is 18.9 Å². The molecule has 18 heavy (non-hydrogen) atoms. The Morgan fingerprint density at radius 3 is 2.89 bits per heavy atom. The lowest BCUT2D eigenvalue weighted by Crippen LogP contribution is -2.38. The molecular formula is C11H14N4O2S. The first-order valence-corrected chi connectivity index (χ1v) is 6.41. The van der Waals surface area contributed by atoms with Crippen molar-refractivity contribution < 1.29 is 9.90 Å². The summed E-state index contributed by atoms with van der Waals surface area (Å²) in [6, 6.07) is 1.96. The number of rotatable bonds is 2. The maximum Gasteiger partial charge on any atom is 0.253 e. The molecule has 1 aliphatic rings. The van der Waals surface area contributed by atoms with Crippen LogP contribution in [0.4, 0.5) is 10.7 Å². The van der Waals surface area contributed by atoms with Crippen LogP contribution in [0.2, 0.25) is 0 Å². The molecule has 1 amide bonds. The number of aliphatic hydroxyl groups is 1. The molecule has 96 valence electrons.